The Bertz CT molecular complexity index is 417. The summed E-state index contributed by atoms with van der Waals surface area (Å²) in [6.45, 7) is 2.45. The molecule has 0 aliphatic rings. The summed E-state index contributed by atoms with van der Waals surface area (Å²) >= 11 is 0. The molecule has 2 heteroatoms. The fraction of sp³-hybridized carbons (Fsp3) is 0.167. The van der Waals surface area contributed by atoms with E-state index in [1.165, 1.54) is 0 Å². The highest BCUT2D eigenvalue weighted by Gasteiger charge is 2.08. The molecule has 0 fully saturated rings. The molecule has 0 saturated carbocycles. The van der Waals surface area contributed by atoms with Crippen molar-refractivity contribution in [3.05, 3.63) is 47.7 Å². The molecule has 72 valence electrons. The van der Waals surface area contributed by atoms with E-state index in [9.17, 15) is 0 Å². The highest BCUT2D eigenvalue weighted by molar-refractivity contribution is 5.61. The molecule has 0 amide bonds. The summed E-state index contributed by atoms with van der Waals surface area (Å²) in [6.07, 6.45) is 0. The highest BCUT2D eigenvalue weighted by atomic mass is 16.3. The van der Waals surface area contributed by atoms with Crippen molar-refractivity contribution in [3.8, 4) is 11.3 Å². The second kappa shape index (κ2) is 3.68. The smallest absolute Gasteiger partial charge is 0.138 e. The second-order valence-electron chi connectivity index (χ2n) is 3.28. The Labute approximate surface area is 83.4 Å². The summed E-state index contributed by atoms with van der Waals surface area (Å²) < 4.78 is 5.61. The van der Waals surface area contributed by atoms with E-state index in [1.807, 2.05) is 43.3 Å². The standard InChI is InChI=1S/C12H13NO/c1-9-7-11(8-13)12(14-9)10-5-3-2-4-6-10/h2-7H,8,13H2,1H3. The zero-order chi connectivity index (χ0) is 9.97. The minimum Gasteiger partial charge on any atom is -0.461 e. The van der Waals surface area contributed by atoms with E-state index in [2.05, 4.69) is 0 Å². The lowest BCUT2D eigenvalue weighted by molar-refractivity contribution is 0.546. The molecule has 14 heavy (non-hydrogen) atoms. The molecule has 2 nitrogen and oxygen atoms in total. The molecular weight excluding hydrogens is 174 g/mol. The van der Waals surface area contributed by atoms with Crippen molar-refractivity contribution in [3.63, 3.8) is 0 Å². The first-order valence-corrected chi connectivity index (χ1v) is 4.66. The van der Waals surface area contributed by atoms with Crippen LogP contribution in [0.25, 0.3) is 11.3 Å². The number of rotatable bonds is 2. The molecule has 0 aliphatic heterocycles. The van der Waals surface area contributed by atoms with Crippen molar-refractivity contribution in [1.82, 2.24) is 0 Å². The lowest BCUT2D eigenvalue weighted by atomic mass is 10.1. The molecule has 0 saturated heterocycles. The molecule has 2 N–H and O–H groups in total. The van der Waals surface area contributed by atoms with Gasteiger partial charge in [0.1, 0.15) is 11.5 Å². The Morgan fingerprint density at radius 3 is 2.57 bits per heavy atom. The topological polar surface area (TPSA) is 39.2 Å². The maximum Gasteiger partial charge on any atom is 0.138 e. The molecule has 0 bridgehead atoms. The van der Waals surface area contributed by atoms with E-state index in [-0.39, 0.29) is 0 Å². The Balaban J connectivity index is 2.51. The maximum atomic E-state index is 5.64. The predicted octanol–water partition coefficient (Wildman–Crippen LogP) is 2.71. The normalized spacial score (nSPS) is 10.4. The van der Waals surface area contributed by atoms with Crippen LogP contribution in [0.3, 0.4) is 0 Å². The highest BCUT2D eigenvalue weighted by Crippen LogP contribution is 2.26. The molecule has 0 aliphatic carbocycles. The van der Waals surface area contributed by atoms with Gasteiger partial charge in [-0.1, -0.05) is 30.3 Å². The van der Waals surface area contributed by atoms with E-state index in [0.29, 0.717) is 6.54 Å². The molecule has 0 atom stereocenters. The summed E-state index contributed by atoms with van der Waals surface area (Å²) in [7, 11) is 0. The van der Waals surface area contributed by atoms with Crippen LogP contribution in [0, 0.1) is 6.92 Å². The van der Waals surface area contributed by atoms with Crippen LogP contribution in [0.2, 0.25) is 0 Å². The van der Waals surface area contributed by atoms with Crippen molar-refractivity contribution in [2.75, 3.05) is 0 Å². The minimum atomic E-state index is 0.515. The molecule has 1 aromatic heterocycles. The quantitative estimate of drug-likeness (QED) is 0.785. The third-order valence-corrected chi connectivity index (χ3v) is 2.19. The number of nitrogens with two attached hydrogens (primary N) is 1. The fourth-order valence-electron chi connectivity index (χ4n) is 1.55. The maximum absolute atomic E-state index is 5.64. The zero-order valence-electron chi connectivity index (χ0n) is 8.16. The summed E-state index contributed by atoms with van der Waals surface area (Å²) in [5, 5.41) is 0. The van der Waals surface area contributed by atoms with Gasteiger partial charge in [0.25, 0.3) is 0 Å². The van der Waals surface area contributed by atoms with Gasteiger partial charge in [-0.2, -0.15) is 0 Å². The average Bonchev–Trinajstić information content (AvgIpc) is 2.61. The molecule has 0 unspecified atom stereocenters. The van der Waals surface area contributed by atoms with Gasteiger partial charge in [-0.3, -0.25) is 0 Å². The Morgan fingerprint density at radius 1 is 1.21 bits per heavy atom. The molecule has 2 rings (SSSR count). The first-order chi connectivity index (χ1) is 6.81. The van der Waals surface area contributed by atoms with Crippen LogP contribution in [-0.2, 0) is 6.54 Å². The van der Waals surface area contributed by atoms with Crippen LogP contribution in [0.1, 0.15) is 11.3 Å². The first kappa shape index (κ1) is 9.03. The molecule has 1 heterocycles. The van der Waals surface area contributed by atoms with E-state index in [1.54, 1.807) is 0 Å². The van der Waals surface area contributed by atoms with Crippen LogP contribution < -0.4 is 5.73 Å². The Morgan fingerprint density at radius 2 is 1.93 bits per heavy atom. The van der Waals surface area contributed by atoms with Crippen molar-refractivity contribution in [2.45, 2.75) is 13.5 Å². The van der Waals surface area contributed by atoms with Gasteiger partial charge < -0.3 is 10.2 Å². The number of furan rings is 1. The van der Waals surface area contributed by atoms with Gasteiger partial charge in [0.15, 0.2) is 0 Å². The van der Waals surface area contributed by atoms with Crippen molar-refractivity contribution < 1.29 is 4.42 Å². The first-order valence-electron chi connectivity index (χ1n) is 4.66. The minimum absolute atomic E-state index is 0.515. The number of hydrogen-bond donors (Lipinski definition) is 1. The second-order valence-corrected chi connectivity index (χ2v) is 3.28. The fourth-order valence-corrected chi connectivity index (χ4v) is 1.55. The van der Waals surface area contributed by atoms with E-state index in [0.717, 1.165) is 22.6 Å². The number of aryl methyl sites for hydroxylation is 1. The molecule has 1 aromatic carbocycles. The van der Waals surface area contributed by atoms with Crippen LogP contribution in [-0.4, -0.2) is 0 Å². The Kier molecular flexibility index (Phi) is 2.37. The summed E-state index contributed by atoms with van der Waals surface area (Å²) in [4.78, 5) is 0. The van der Waals surface area contributed by atoms with E-state index >= 15 is 0 Å². The van der Waals surface area contributed by atoms with Crippen LogP contribution in [0.15, 0.2) is 40.8 Å². The van der Waals surface area contributed by atoms with Crippen molar-refractivity contribution in [1.29, 1.82) is 0 Å². The zero-order valence-corrected chi connectivity index (χ0v) is 8.16. The monoisotopic (exact) mass is 187 g/mol. The van der Waals surface area contributed by atoms with Crippen LogP contribution in [0.5, 0.6) is 0 Å². The van der Waals surface area contributed by atoms with E-state index in [4.69, 9.17) is 10.2 Å². The predicted molar refractivity (Wildman–Crippen MR) is 56.8 cm³/mol. The molecule has 2 aromatic rings. The number of hydrogen-bond acceptors (Lipinski definition) is 2. The van der Waals surface area contributed by atoms with Gasteiger partial charge >= 0.3 is 0 Å². The third-order valence-electron chi connectivity index (χ3n) is 2.19. The van der Waals surface area contributed by atoms with Gasteiger partial charge in [-0.05, 0) is 13.0 Å². The third kappa shape index (κ3) is 1.56. The summed E-state index contributed by atoms with van der Waals surface area (Å²) in [6, 6.07) is 12.0. The lowest BCUT2D eigenvalue weighted by Gasteiger charge is -1.99. The summed E-state index contributed by atoms with van der Waals surface area (Å²) in [5.41, 5.74) is 7.79. The average molecular weight is 187 g/mol. The lowest BCUT2D eigenvalue weighted by Crippen LogP contribution is -1.95. The van der Waals surface area contributed by atoms with Gasteiger partial charge in [0.05, 0.1) is 0 Å². The van der Waals surface area contributed by atoms with Gasteiger partial charge in [-0.15, -0.1) is 0 Å². The van der Waals surface area contributed by atoms with Crippen molar-refractivity contribution in [2.24, 2.45) is 5.73 Å². The van der Waals surface area contributed by atoms with Crippen LogP contribution in [0.4, 0.5) is 0 Å². The van der Waals surface area contributed by atoms with E-state index < -0.39 is 0 Å². The molecular formula is C12H13NO. The number of benzene rings is 1. The molecule has 0 radical (unpaired) electrons. The van der Waals surface area contributed by atoms with Gasteiger partial charge in [-0.25, -0.2) is 0 Å². The van der Waals surface area contributed by atoms with Crippen molar-refractivity contribution >= 4 is 0 Å². The van der Waals surface area contributed by atoms with Crippen LogP contribution >= 0.6 is 0 Å². The van der Waals surface area contributed by atoms with Gasteiger partial charge in [0.2, 0.25) is 0 Å². The summed E-state index contributed by atoms with van der Waals surface area (Å²) in [5.74, 6) is 1.80. The largest absolute Gasteiger partial charge is 0.461 e. The Hall–Kier alpha value is -1.54. The SMILES string of the molecule is Cc1cc(CN)c(-c2ccccc2)o1. The molecule has 0 spiro atoms. The van der Waals surface area contributed by atoms with Gasteiger partial charge in [0, 0.05) is 17.7 Å².